The topological polar surface area (TPSA) is 38.9 Å². The Morgan fingerprint density at radius 3 is 2.42 bits per heavy atom. The van der Waals surface area contributed by atoms with Gasteiger partial charge < -0.3 is 5.73 Å². The Hall–Kier alpha value is -0.890. The second-order valence-corrected chi connectivity index (χ2v) is 6.96. The second kappa shape index (κ2) is 5.24. The predicted molar refractivity (Wildman–Crippen MR) is 80.9 cm³/mol. The maximum absolute atomic E-state index is 6.64. The van der Waals surface area contributed by atoms with Crippen LogP contribution in [-0.4, -0.2) is 4.98 Å². The fourth-order valence-corrected chi connectivity index (χ4v) is 3.25. The number of aryl methyl sites for hydroxylation is 1. The summed E-state index contributed by atoms with van der Waals surface area (Å²) in [6.45, 7) is 9.12. The molecule has 0 aromatic carbocycles. The Balaban J connectivity index is 2.08. The summed E-state index contributed by atoms with van der Waals surface area (Å²) in [6.07, 6.45) is 7.88. The third kappa shape index (κ3) is 3.00. The minimum absolute atomic E-state index is 0.152. The van der Waals surface area contributed by atoms with Crippen molar-refractivity contribution in [3.8, 4) is 0 Å². The molecule has 0 unspecified atom stereocenters. The van der Waals surface area contributed by atoms with Gasteiger partial charge in [-0.25, -0.2) is 0 Å². The highest BCUT2D eigenvalue weighted by Gasteiger charge is 2.38. The maximum atomic E-state index is 6.64. The first-order chi connectivity index (χ1) is 8.87. The highest BCUT2D eigenvalue weighted by molar-refractivity contribution is 5.23. The molecule has 0 atom stereocenters. The van der Waals surface area contributed by atoms with Gasteiger partial charge in [0.1, 0.15) is 0 Å². The van der Waals surface area contributed by atoms with Gasteiger partial charge in [0.25, 0.3) is 0 Å². The zero-order valence-corrected chi connectivity index (χ0v) is 12.9. The van der Waals surface area contributed by atoms with Crippen molar-refractivity contribution in [3.63, 3.8) is 0 Å². The minimum atomic E-state index is -0.152. The zero-order chi connectivity index (χ0) is 14.1. The van der Waals surface area contributed by atoms with E-state index in [1.165, 1.54) is 24.8 Å². The van der Waals surface area contributed by atoms with Crippen LogP contribution in [0.3, 0.4) is 0 Å². The lowest BCUT2D eigenvalue weighted by Crippen LogP contribution is -2.42. The fraction of sp³-hybridized carbons (Fsp3) is 0.706. The van der Waals surface area contributed by atoms with Gasteiger partial charge in [0.15, 0.2) is 0 Å². The number of nitrogens with two attached hydrogens (primary N) is 1. The molecule has 1 aliphatic rings. The molecule has 106 valence electrons. The van der Waals surface area contributed by atoms with Crippen LogP contribution in [0, 0.1) is 18.3 Å². The summed E-state index contributed by atoms with van der Waals surface area (Å²) in [4.78, 5) is 4.40. The Kier molecular flexibility index (Phi) is 4.00. The van der Waals surface area contributed by atoms with Gasteiger partial charge in [-0.3, -0.25) is 4.98 Å². The molecule has 2 rings (SSSR count). The molecular weight excluding hydrogens is 232 g/mol. The number of hydrogen-bond acceptors (Lipinski definition) is 2. The predicted octanol–water partition coefficient (Wildman–Crippen LogP) is 4.17. The molecule has 2 N–H and O–H groups in total. The van der Waals surface area contributed by atoms with Crippen molar-refractivity contribution in [1.82, 2.24) is 4.98 Å². The van der Waals surface area contributed by atoms with Crippen LogP contribution in [0.2, 0.25) is 0 Å². The summed E-state index contributed by atoms with van der Waals surface area (Å²) in [7, 11) is 0. The third-order valence-electron chi connectivity index (χ3n) is 5.38. The van der Waals surface area contributed by atoms with Crippen LogP contribution < -0.4 is 5.73 Å². The molecule has 1 aliphatic carbocycles. The van der Waals surface area contributed by atoms with Crippen molar-refractivity contribution < 1.29 is 0 Å². The Morgan fingerprint density at radius 1 is 1.32 bits per heavy atom. The first-order valence-electron chi connectivity index (χ1n) is 7.59. The molecule has 19 heavy (non-hydrogen) atoms. The average molecular weight is 260 g/mol. The average Bonchev–Trinajstić information content (AvgIpc) is 2.40. The molecule has 2 nitrogen and oxygen atoms in total. The number of hydrogen-bond donors (Lipinski definition) is 1. The lowest BCUT2D eigenvalue weighted by atomic mass is 9.64. The molecule has 1 aromatic rings. The summed E-state index contributed by atoms with van der Waals surface area (Å²) in [5.41, 5.74) is 9.21. The van der Waals surface area contributed by atoms with E-state index in [0.717, 1.165) is 24.5 Å². The van der Waals surface area contributed by atoms with E-state index < -0.39 is 0 Å². The molecule has 0 aliphatic heterocycles. The van der Waals surface area contributed by atoms with E-state index in [0.29, 0.717) is 5.41 Å². The number of rotatable bonds is 3. The number of aromatic nitrogens is 1. The van der Waals surface area contributed by atoms with Crippen molar-refractivity contribution in [1.29, 1.82) is 0 Å². The van der Waals surface area contributed by atoms with E-state index in [2.05, 4.69) is 37.9 Å². The first kappa shape index (κ1) is 14.5. The van der Waals surface area contributed by atoms with E-state index in [-0.39, 0.29) is 5.54 Å². The summed E-state index contributed by atoms with van der Waals surface area (Å²) in [6, 6.07) is 4.24. The number of nitrogens with zero attached hydrogens (tertiary/aromatic N) is 1. The van der Waals surface area contributed by atoms with Crippen LogP contribution in [0.15, 0.2) is 18.3 Å². The lowest BCUT2D eigenvalue weighted by molar-refractivity contribution is 0.115. The fourth-order valence-electron chi connectivity index (χ4n) is 3.25. The summed E-state index contributed by atoms with van der Waals surface area (Å²) in [5, 5.41) is 0. The quantitative estimate of drug-likeness (QED) is 0.886. The van der Waals surface area contributed by atoms with E-state index in [1.54, 1.807) is 0 Å². The Labute approximate surface area is 117 Å². The van der Waals surface area contributed by atoms with E-state index in [4.69, 9.17) is 5.73 Å². The number of pyridine rings is 1. The standard InChI is InChI=1S/C17H28N2/c1-5-16(3,4)14-8-10-17(18,11-9-14)15-7-6-13(2)19-12-15/h6-7,12,14H,5,8-11,18H2,1-4H3. The molecule has 0 bridgehead atoms. The van der Waals surface area contributed by atoms with Gasteiger partial charge in [0, 0.05) is 17.4 Å². The summed E-state index contributed by atoms with van der Waals surface area (Å²) in [5.74, 6) is 0.813. The molecule has 0 saturated heterocycles. The highest BCUT2D eigenvalue weighted by atomic mass is 14.8. The highest BCUT2D eigenvalue weighted by Crippen LogP contribution is 2.45. The molecular formula is C17H28N2. The van der Waals surface area contributed by atoms with E-state index in [1.807, 2.05) is 13.1 Å². The SMILES string of the molecule is CCC(C)(C)C1CCC(N)(c2ccc(C)nc2)CC1. The first-order valence-corrected chi connectivity index (χ1v) is 7.59. The van der Waals surface area contributed by atoms with Gasteiger partial charge in [-0.05, 0) is 55.6 Å². The van der Waals surface area contributed by atoms with Crippen LogP contribution in [0.1, 0.15) is 64.1 Å². The van der Waals surface area contributed by atoms with Crippen molar-refractivity contribution in [3.05, 3.63) is 29.6 Å². The van der Waals surface area contributed by atoms with Gasteiger partial charge in [0.2, 0.25) is 0 Å². The maximum Gasteiger partial charge on any atom is 0.0425 e. The summed E-state index contributed by atoms with van der Waals surface area (Å²) < 4.78 is 0. The van der Waals surface area contributed by atoms with Crippen LogP contribution in [0.5, 0.6) is 0 Å². The second-order valence-electron chi connectivity index (χ2n) is 6.96. The van der Waals surface area contributed by atoms with E-state index in [9.17, 15) is 0 Å². The van der Waals surface area contributed by atoms with Crippen molar-refractivity contribution in [2.45, 2.75) is 65.3 Å². The van der Waals surface area contributed by atoms with Crippen molar-refractivity contribution in [2.75, 3.05) is 0 Å². The molecule has 1 aromatic heterocycles. The molecule has 1 heterocycles. The third-order valence-corrected chi connectivity index (χ3v) is 5.38. The molecule has 0 radical (unpaired) electrons. The van der Waals surface area contributed by atoms with Gasteiger partial charge in [-0.15, -0.1) is 0 Å². The monoisotopic (exact) mass is 260 g/mol. The molecule has 1 fully saturated rings. The van der Waals surface area contributed by atoms with Crippen molar-refractivity contribution in [2.24, 2.45) is 17.1 Å². The molecule has 1 saturated carbocycles. The molecule has 0 spiro atoms. The summed E-state index contributed by atoms with van der Waals surface area (Å²) >= 11 is 0. The van der Waals surface area contributed by atoms with Crippen LogP contribution in [-0.2, 0) is 5.54 Å². The Bertz CT molecular complexity index is 411. The van der Waals surface area contributed by atoms with Gasteiger partial charge in [0.05, 0.1) is 0 Å². The van der Waals surface area contributed by atoms with Crippen LogP contribution in [0.25, 0.3) is 0 Å². The van der Waals surface area contributed by atoms with Crippen LogP contribution in [0.4, 0.5) is 0 Å². The van der Waals surface area contributed by atoms with Gasteiger partial charge in [-0.2, -0.15) is 0 Å². The smallest absolute Gasteiger partial charge is 0.0425 e. The minimum Gasteiger partial charge on any atom is -0.321 e. The normalized spacial score (nSPS) is 28.4. The lowest BCUT2D eigenvalue weighted by Gasteiger charge is -2.43. The largest absolute Gasteiger partial charge is 0.321 e. The van der Waals surface area contributed by atoms with Crippen molar-refractivity contribution >= 4 is 0 Å². The molecule has 2 heteroatoms. The zero-order valence-electron chi connectivity index (χ0n) is 12.9. The van der Waals surface area contributed by atoms with E-state index >= 15 is 0 Å². The Morgan fingerprint density at radius 2 is 1.95 bits per heavy atom. The van der Waals surface area contributed by atoms with Gasteiger partial charge in [-0.1, -0.05) is 33.3 Å². The van der Waals surface area contributed by atoms with Gasteiger partial charge >= 0.3 is 0 Å². The van der Waals surface area contributed by atoms with Crippen LogP contribution >= 0.6 is 0 Å². The molecule has 0 amide bonds.